The van der Waals surface area contributed by atoms with E-state index in [1.165, 1.54) is 70.6 Å². The number of ether oxygens (including phenoxy) is 2. The van der Waals surface area contributed by atoms with Gasteiger partial charge in [0.2, 0.25) is 5.91 Å². The van der Waals surface area contributed by atoms with E-state index in [-0.39, 0.29) is 12.5 Å². The van der Waals surface area contributed by atoms with Gasteiger partial charge in [0.15, 0.2) is 6.29 Å². The van der Waals surface area contributed by atoms with E-state index in [9.17, 15) is 30.3 Å². The summed E-state index contributed by atoms with van der Waals surface area (Å²) in [6.45, 7) is 3.67. The van der Waals surface area contributed by atoms with Gasteiger partial charge >= 0.3 is 0 Å². The number of amides is 1. The highest BCUT2D eigenvalue weighted by molar-refractivity contribution is 5.76. The largest absolute Gasteiger partial charge is 0.394 e. The van der Waals surface area contributed by atoms with Gasteiger partial charge in [-0.2, -0.15) is 0 Å². The number of nitrogens with one attached hydrogen (secondary N) is 1. The molecule has 1 amide bonds. The number of unbranched alkanes of at least 4 members (excludes halogenated alkanes) is 15. The molecule has 7 atom stereocenters. The average molecular weight is 588 g/mol. The quantitative estimate of drug-likeness (QED) is 0.0685. The van der Waals surface area contributed by atoms with E-state index in [1.807, 2.05) is 6.08 Å². The lowest BCUT2D eigenvalue weighted by atomic mass is 9.99. The molecule has 0 aliphatic carbocycles. The van der Waals surface area contributed by atoms with Crippen LogP contribution in [0.1, 0.15) is 129 Å². The van der Waals surface area contributed by atoms with E-state index in [0.29, 0.717) is 6.42 Å². The number of hydrogen-bond donors (Lipinski definition) is 6. The maximum atomic E-state index is 12.7. The zero-order valence-corrected chi connectivity index (χ0v) is 25.8. The van der Waals surface area contributed by atoms with Crippen molar-refractivity contribution >= 4 is 5.91 Å². The Labute approximate surface area is 248 Å². The lowest BCUT2D eigenvalue weighted by Gasteiger charge is -2.40. The molecule has 0 spiro atoms. The molecule has 1 heterocycles. The minimum absolute atomic E-state index is 0.185. The first-order chi connectivity index (χ1) is 19.8. The van der Waals surface area contributed by atoms with Gasteiger partial charge in [-0.25, -0.2) is 0 Å². The lowest BCUT2D eigenvalue weighted by molar-refractivity contribution is -0.302. The van der Waals surface area contributed by atoms with Gasteiger partial charge in [-0.05, 0) is 19.3 Å². The third kappa shape index (κ3) is 17.0. The zero-order valence-electron chi connectivity index (χ0n) is 25.8. The molecule has 0 saturated carbocycles. The van der Waals surface area contributed by atoms with Crippen LogP contribution in [0.3, 0.4) is 0 Å². The van der Waals surface area contributed by atoms with Gasteiger partial charge < -0.3 is 40.3 Å². The summed E-state index contributed by atoms with van der Waals surface area (Å²) in [7, 11) is 0. The van der Waals surface area contributed by atoms with Crippen LogP contribution in [0.15, 0.2) is 12.2 Å². The monoisotopic (exact) mass is 587 g/mol. The molecule has 7 unspecified atom stereocenters. The maximum Gasteiger partial charge on any atom is 0.220 e. The second kappa shape index (κ2) is 24.4. The number of hydrogen-bond acceptors (Lipinski definition) is 8. The smallest absolute Gasteiger partial charge is 0.220 e. The Morgan fingerprint density at radius 1 is 0.805 bits per heavy atom. The zero-order chi connectivity index (χ0) is 30.3. The van der Waals surface area contributed by atoms with E-state index in [0.717, 1.165) is 38.5 Å². The molecule has 1 fully saturated rings. The number of rotatable bonds is 25. The van der Waals surface area contributed by atoms with Crippen molar-refractivity contribution in [2.75, 3.05) is 13.2 Å². The molecule has 1 aliphatic rings. The molecular weight excluding hydrogens is 526 g/mol. The first kappa shape index (κ1) is 38.0. The highest BCUT2D eigenvalue weighted by Crippen LogP contribution is 2.22. The maximum absolute atomic E-state index is 12.7. The fourth-order valence-corrected chi connectivity index (χ4v) is 5.09. The van der Waals surface area contributed by atoms with E-state index in [1.54, 1.807) is 6.08 Å². The van der Waals surface area contributed by atoms with Crippen LogP contribution in [-0.4, -0.2) is 87.5 Å². The predicted octanol–water partition coefficient (Wildman–Crippen LogP) is 4.27. The van der Waals surface area contributed by atoms with Gasteiger partial charge in [0, 0.05) is 6.42 Å². The number of aliphatic hydroxyl groups is 5. The van der Waals surface area contributed by atoms with Crippen molar-refractivity contribution in [2.24, 2.45) is 0 Å². The predicted molar refractivity (Wildman–Crippen MR) is 161 cm³/mol. The molecule has 41 heavy (non-hydrogen) atoms. The number of allylic oxidation sites excluding steroid dienone is 1. The third-order valence-electron chi connectivity index (χ3n) is 7.86. The molecule has 9 nitrogen and oxygen atoms in total. The Hall–Kier alpha value is -1.07. The summed E-state index contributed by atoms with van der Waals surface area (Å²) in [5, 5.41) is 53.5. The minimum Gasteiger partial charge on any atom is -0.394 e. The Kier molecular flexibility index (Phi) is 22.6. The molecule has 9 heteroatoms. The van der Waals surface area contributed by atoms with E-state index >= 15 is 0 Å². The molecule has 1 aliphatic heterocycles. The van der Waals surface area contributed by atoms with Gasteiger partial charge in [-0.1, -0.05) is 116 Å². The topological polar surface area (TPSA) is 149 Å². The van der Waals surface area contributed by atoms with E-state index in [2.05, 4.69) is 19.2 Å². The molecule has 1 saturated heterocycles. The van der Waals surface area contributed by atoms with Crippen LogP contribution >= 0.6 is 0 Å². The molecular formula is C32H61NO8. The van der Waals surface area contributed by atoms with Crippen LogP contribution in [0, 0.1) is 0 Å². The Balaban J connectivity index is 2.54. The minimum atomic E-state index is -1.56. The second-order valence-corrected chi connectivity index (χ2v) is 11.6. The fourth-order valence-electron chi connectivity index (χ4n) is 5.09. The molecule has 0 radical (unpaired) electrons. The summed E-state index contributed by atoms with van der Waals surface area (Å²) in [4.78, 5) is 12.7. The van der Waals surface area contributed by atoms with Crippen LogP contribution in [-0.2, 0) is 14.3 Å². The van der Waals surface area contributed by atoms with Crippen molar-refractivity contribution in [3.63, 3.8) is 0 Å². The van der Waals surface area contributed by atoms with Crippen LogP contribution in [0.4, 0.5) is 0 Å². The summed E-state index contributed by atoms with van der Waals surface area (Å²) in [6, 6.07) is -0.793. The molecule has 0 bridgehead atoms. The SMILES string of the molecule is CCCCCCCC/C=C/C(O)C(COC1OC(CO)C(O)C(O)C1O)NC(=O)CCCCCCCCCCCC. The standard InChI is InChI=1S/C32H61NO8/c1-3-5-7-9-11-13-14-16-18-20-22-28(36)33-25(26(35)21-19-17-15-12-10-8-6-4-2)24-40-32-31(39)30(38)29(37)27(23-34)41-32/h19,21,25-27,29-32,34-35,37-39H,3-18,20,22-24H2,1-2H3,(H,33,36)/b21-19+. The summed E-state index contributed by atoms with van der Waals surface area (Å²) in [5.74, 6) is -0.185. The summed E-state index contributed by atoms with van der Waals surface area (Å²) >= 11 is 0. The lowest BCUT2D eigenvalue weighted by Crippen LogP contribution is -2.60. The number of carbonyl (C=O) groups is 1. The first-order valence-corrected chi connectivity index (χ1v) is 16.4. The van der Waals surface area contributed by atoms with E-state index < -0.39 is 49.5 Å². The average Bonchev–Trinajstić information content (AvgIpc) is 2.97. The molecule has 242 valence electrons. The van der Waals surface area contributed by atoms with Crippen molar-refractivity contribution in [1.82, 2.24) is 5.32 Å². The molecule has 0 aromatic heterocycles. The van der Waals surface area contributed by atoms with Crippen molar-refractivity contribution in [2.45, 2.75) is 172 Å². The number of aliphatic hydroxyl groups excluding tert-OH is 5. The first-order valence-electron chi connectivity index (χ1n) is 16.4. The Morgan fingerprint density at radius 2 is 1.34 bits per heavy atom. The van der Waals surface area contributed by atoms with Gasteiger partial charge in [0.1, 0.15) is 24.4 Å². The van der Waals surface area contributed by atoms with Crippen LogP contribution in [0.25, 0.3) is 0 Å². The van der Waals surface area contributed by atoms with Gasteiger partial charge in [0.05, 0.1) is 25.4 Å². The van der Waals surface area contributed by atoms with Crippen molar-refractivity contribution in [3.8, 4) is 0 Å². The van der Waals surface area contributed by atoms with Crippen LogP contribution in [0.2, 0.25) is 0 Å². The van der Waals surface area contributed by atoms with Crippen molar-refractivity contribution < 1.29 is 39.8 Å². The van der Waals surface area contributed by atoms with Crippen molar-refractivity contribution in [3.05, 3.63) is 12.2 Å². The molecule has 0 aromatic rings. The normalized spacial score (nSPS) is 24.5. The highest BCUT2D eigenvalue weighted by atomic mass is 16.7. The second-order valence-electron chi connectivity index (χ2n) is 11.6. The Bertz CT molecular complexity index is 662. The van der Waals surface area contributed by atoms with Crippen LogP contribution in [0.5, 0.6) is 0 Å². The molecule has 0 aromatic carbocycles. The molecule has 1 rings (SSSR count). The van der Waals surface area contributed by atoms with Crippen LogP contribution < -0.4 is 5.32 Å². The Morgan fingerprint density at radius 3 is 1.90 bits per heavy atom. The van der Waals surface area contributed by atoms with Gasteiger partial charge in [0.25, 0.3) is 0 Å². The highest BCUT2D eigenvalue weighted by Gasteiger charge is 2.44. The molecule has 6 N–H and O–H groups in total. The summed E-state index contributed by atoms with van der Waals surface area (Å²) in [6.07, 6.45) is 15.6. The third-order valence-corrected chi connectivity index (χ3v) is 7.86. The van der Waals surface area contributed by atoms with Gasteiger partial charge in [-0.15, -0.1) is 0 Å². The van der Waals surface area contributed by atoms with Crippen molar-refractivity contribution in [1.29, 1.82) is 0 Å². The number of carbonyl (C=O) groups excluding carboxylic acids is 1. The van der Waals surface area contributed by atoms with E-state index in [4.69, 9.17) is 9.47 Å². The fraction of sp³-hybridized carbons (Fsp3) is 0.906. The summed E-state index contributed by atoms with van der Waals surface area (Å²) in [5.41, 5.74) is 0. The van der Waals surface area contributed by atoms with Gasteiger partial charge in [-0.3, -0.25) is 4.79 Å². The summed E-state index contributed by atoms with van der Waals surface area (Å²) < 4.78 is 11.1.